The zero-order chi connectivity index (χ0) is 18.1. The van der Waals surface area contributed by atoms with Crippen LogP contribution in [0.4, 0.5) is 0 Å². The van der Waals surface area contributed by atoms with Gasteiger partial charge in [0.2, 0.25) is 0 Å². The standard InChI is InChI=1S/C9H20N2O2.C5H14N2O.C2H4O.H2O.H2/c1-2-10-4-3-8-13-9-6-11-5-7-12;6-2-1-4-8-5-3-7;1-2-3-1;;/h2,10-12H,1,3-9H2;1-7H2;1-2H2;1H2;1H. The van der Waals surface area contributed by atoms with E-state index in [4.69, 9.17) is 26.0 Å². The Morgan fingerprint density at radius 1 is 1.00 bits per heavy atom. The first-order valence-electron chi connectivity index (χ1n) is 8.62. The molecule has 9 heteroatoms. The molecule has 0 aliphatic carbocycles. The van der Waals surface area contributed by atoms with Gasteiger partial charge in [-0.1, -0.05) is 6.58 Å². The van der Waals surface area contributed by atoms with E-state index in [0.29, 0.717) is 32.8 Å². The van der Waals surface area contributed by atoms with Crippen LogP contribution in [0.1, 0.15) is 14.3 Å². The average molecular weight is 371 g/mol. The van der Waals surface area contributed by atoms with E-state index in [-0.39, 0.29) is 13.5 Å². The molecule has 9 nitrogen and oxygen atoms in total. The highest BCUT2D eigenvalue weighted by Crippen LogP contribution is 1.84. The molecule has 1 heterocycles. The molecule has 1 aliphatic rings. The highest BCUT2D eigenvalue weighted by Gasteiger charge is 1.94. The number of ether oxygens (including phenoxy) is 3. The second kappa shape index (κ2) is 31.0. The maximum Gasteiger partial charge on any atom is 0.0701 e. The second-order valence-electron chi connectivity index (χ2n) is 4.75. The van der Waals surface area contributed by atoms with Gasteiger partial charge in [-0.3, -0.25) is 0 Å². The van der Waals surface area contributed by atoms with Crippen molar-refractivity contribution in [1.29, 1.82) is 0 Å². The molecular formula is C16H42N4O5. The number of hydrogen-bond acceptors (Lipinski definition) is 8. The van der Waals surface area contributed by atoms with Crippen LogP contribution >= 0.6 is 0 Å². The summed E-state index contributed by atoms with van der Waals surface area (Å²) in [6.07, 6.45) is 3.61. The number of aliphatic hydroxyl groups excluding tert-OH is 1. The van der Waals surface area contributed by atoms with Crippen molar-refractivity contribution in [2.45, 2.75) is 12.8 Å². The van der Waals surface area contributed by atoms with Crippen LogP contribution in [0.15, 0.2) is 12.8 Å². The molecule has 0 bridgehead atoms. The molecule has 0 atom stereocenters. The third-order valence-corrected chi connectivity index (χ3v) is 2.42. The monoisotopic (exact) mass is 370 g/mol. The summed E-state index contributed by atoms with van der Waals surface area (Å²) in [7, 11) is 0. The Morgan fingerprint density at radius 2 is 1.64 bits per heavy atom. The Labute approximate surface area is 153 Å². The minimum absolute atomic E-state index is 0. The van der Waals surface area contributed by atoms with Crippen molar-refractivity contribution in [3.63, 3.8) is 0 Å². The number of nitrogens with two attached hydrogens (primary N) is 2. The van der Waals surface area contributed by atoms with E-state index in [1.54, 1.807) is 6.20 Å². The highest BCUT2D eigenvalue weighted by atomic mass is 16.6. The van der Waals surface area contributed by atoms with E-state index in [2.05, 4.69) is 21.9 Å². The fourth-order valence-corrected chi connectivity index (χ4v) is 1.20. The smallest absolute Gasteiger partial charge is 0.0701 e. The number of hydrogen-bond donors (Lipinski definition) is 5. The van der Waals surface area contributed by atoms with Gasteiger partial charge in [0.25, 0.3) is 0 Å². The van der Waals surface area contributed by atoms with Crippen molar-refractivity contribution in [2.75, 3.05) is 79.0 Å². The zero-order valence-electron chi connectivity index (χ0n) is 15.5. The Hall–Kier alpha value is -0.780. The summed E-state index contributed by atoms with van der Waals surface area (Å²) >= 11 is 0. The Bertz CT molecular complexity index is 222. The van der Waals surface area contributed by atoms with Crippen LogP contribution in [0.2, 0.25) is 0 Å². The summed E-state index contributed by atoms with van der Waals surface area (Å²) in [5, 5.41) is 14.5. The lowest BCUT2D eigenvalue weighted by molar-refractivity contribution is 0.133. The fraction of sp³-hybridized carbons (Fsp3) is 0.875. The maximum absolute atomic E-state index is 8.45. The third kappa shape index (κ3) is 45.1. The molecule has 0 aromatic heterocycles. The Kier molecular flexibility index (Phi) is 36.0. The lowest BCUT2D eigenvalue weighted by atomic mass is 10.4. The van der Waals surface area contributed by atoms with Crippen LogP contribution in [0, 0.1) is 0 Å². The third-order valence-electron chi connectivity index (χ3n) is 2.42. The van der Waals surface area contributed by atoms with Gasteiger partial charge in [0.05, 0.1) is 33.0 Å². The van der Waals surface area contributed by atoms with Crippen molar-refractivity contribution in [3.05, 3.63) is 12.8 Å². The highest BCUT2D eigenvalue weighted by molar-refractivity contribution is 4.61. The molecule has 0 spiro atoms. The lowest BCUT2D eigenvalue weighted by Crippen LogP contribution is -2.23. The van der Waals surface area contributed by atoms with Crippen LogP contribution in [0.25, 0.3) is 0 Å². The van der Waals surface area contributed by atoms with Gasteiger partial charge in [-0.2, -0.15) is 0 Å². The van der Waals surface area contributed by atoms with Crippen molar-refractivity contribution >= 4 is 0 Å². The first-order chi connectivity index (χ1) is 11.8. The molecule has 0 radical (unpaired) electrons. The lowest BCUT2D eigenvalue weighted by Gasteiger charge is -2.04. The van der Waals surface area contributed by atoms with Gasteiger partial charge < -0.3 is 46.9 Å². The molecule has 1 fully saturated rings. The van der Waals surface area contributed by atoms with E-state index in [1.807, 2.05) is 0 Å². The molecule has 9 N–H and O–H groups in total. The Morgan fingerprint density at radius 3 is 2.16 bits per heavy atom. The van der Waals surface area contributed by atoms with Crippen molar-refractivity contribution in [3.8, 4) is 0 Å². The predicted octanol–water partition coefficient (Wildman–Crippen LogP) is -1.54. The zero-order valence-corrected chi connectivity index (χ0v) is 15.5. The quantitative estimate of drug-likeness (QED) is 0.171. The molecule has 1 saturated heterocycles. The SMILES string of the molecule is C1CO1.C=CNCCCOCCNCCO.NCCCOCCN.O.[HH]. The average Bonchev–Trinajstić information content (AvgIpc) is 3.47. The van der Waals surface area contributed by atoms with Gasteiger partial charge in [-0.25, -0.2) is 0 Å². The maximum atomic E-state index is 8.45. The predicted molar refractivity (Wildman–Crippen MR) is 104 cm³/mol. The molecule has 156 valence electrons. The van der Waals surface area contributed by atoms with Crippen LogP contribution in [-0.4, -0.2) is 89.6 Å². The van der Waals surface area contributed by atoms with Crippen LogP contribution in [0.3, 0.4) is 0 Å². The molecule has 1 aliphatic heterocycles. The van der Waals surface area contributed by atoms with Crippen molar-refractivity contribution in [1.82, 2.24) is 10.6 Å². The van der Waals surface area contributed by atoms with E-state index >= 15 is 0 Å². The summed E-state index contributed by atoms with van der Waals surface area (Å²) in [4.78, 5) is 0. The summed E-state index contributed by atoms with van der Waals surface area (Å²) in [6, 6.07) is 0. The van der Waals surface area contributed by atoms with Crippen LogP contribution in [-0.2, 0) is 14.2 Å². The molecule has 0 aromatic rings. The van der Waals surface area contributed by atoms with Crippen molar-refractivity contribution in [2.24, 2.45) is 11.5 Å². The summed E-state index contributed by atoms with van der Waals surface area (Å²) in [5.74, 6) is 0. The number of rotatable bonds is 15. The van der Waals surface area contributed by atoms with Gasteiger partial charge in [0, 0.05) is 40.8 Å². The van der Waals surface area contributed by atoms with Gasteiger partial charge in [-0.15, -0.1) is 0 Å². The van der Waals surface area contributed by atoms with Crippen LogP contribution < -0.4 is 22.1 Å². The molecule has 0 amide bonds. The molecule has 0 aromatic carbocycles. The molecule has 0 saturated carbocycles. The Balaban J connectivity index is -0.000000159. The first kappa shape index (κ1) is 29.0. The summed E-state index contributed by atoms with van der Waals surface area (Å²) in [6.45, 7) is 12.2. The van der Waals surface area contributed by atoms with Gasteiger partial charge in [-0.05, 0) is 25.6 Å². The molecule has 0 unspecified atom stereocenters. The number of aliphatic hydroxyl groups is 1. The molecule has 25 heavy (non-hydrogen) atoms. The van der Waals surface area contributed by atoms with E-state index < -0.39 is 0 Å². The van der Waals surface area contributed by atoms with Gasteiger partial charge in [0.1, 0.15) is 0 Å². The van der Waals surface area contributed by atoms with Crippen LogP contribution in [0.5, 0.6) is 0 Å². The molecular weight excluding hydrogens is 328 g/mol. The minimum atomic E-state index is 0. The van der Waals surface area contributed by atoms with Gasteiger partial charge in [0.15, 0.2) is 0 Å². The number of epoxide rings is 1. The normalized spacial score (nSPS) is 11.2. The fourth-order valence-electron chi connectivity index (χ4n) is 1.20. The van der Waals surface area contributed by atoms with Gasteiger partial charge >= 0.3 is 0 Å². The minimum Gasteiger partial charge on any atom is -0.412 e. The topological polar surface area (TPSA) is 159 Å². The number of nitrogens with one attached hydrogen (secondary N) is 2. The summed E-state index contributed by atoms with van der Waals surface area (Å²) in [5.41, 5.74) is 10.4. The van der Waals surface area contributed by atoms with E-state index in [9.17, 15) is 0 Å². The molecule has 1 rings (SSSR count). The largest absolute Gasteiger partial charge is 0.412 e. The second-order valence-corrected chi connectivity index (χ2v) is 4.75. The first-order valence-corrected chi connectivity index (χ1v) is 8.62. The van der Waals surface area contributed by atoms with Crippen molar-refractivity contribution < 1.29 is 26.2 Å². The van der Waals surface area contributed by atoms with E-state index in [1.165, 1.54) is 0 Å². The van der Waals surface area contributed by atoms with E-state index in [0.717, 1.165) is 52.4 Å². The summed E-state index contributed by atoms with van der Waals surface area (Å²) < 4.78 is 14.8.